The van der Waals surface area contributed by atoms with Crippen molar-refractivity contribution in [3.63, 3.8) is 0 Å². The fraction of sp³-hybridized carbons (Fsp3) is 0.345. The van der Waals surface area contributed by atoms with E-state index in [9.17, 15) is 0 Å². The smallest absolute Gasteiger partial charge is 1.00 e. The third-order valence-electron chi connectivity index (χ3n) is 5.69. The maximum atomic E-state index is 3.36. The molecule has 0 nitrogen and oxygen atoms in total. The van der Waals surface area contributed by atoms with Crippen molar-refractivity contribution < 1.29 is 48.1 Å². The van der Waals surface area contributed by atoms with Crippen LogP contribution in [0.2, 0.25) is 13.1 Å². The number of allylic oxidation sites excluding steroid dienone is 4. The molecule has 0 saturated heterocycles. The summed E-state index contributed by atoms with van der Waals surface area (Å²) in [6.07, 6.45) is 5.72. The fourth-order valence-electron chi connectivity index (χ4n) is 3.75. The molecule has 1 aliphatic carbocycles. The third kappa shape index (κ3) is 9.77. The van der Waals surface area contributed by atoms with E-state index in [0.717, 1.165) is 6.42 Å². The molecule has 1 atom stereocenters. The van der Waals surface area contributed by atoms with Crippen LogP contribution >= 0.6 is 0 Å². The normalized spacial score (nSPS) is 14.2. The summed E-state index contributed by atoms with van der Waals surface area (Å²) in [5.41, 5.74) is 8.57. The minimum Gasteiger partial charge on any atom is -1.00 e. The van der Waals surface area contributed by atoms with Gasteiger partial charge >= 0.3 is 41.9 Å². The Morgan fingerprint density at radius 3 is 2.15 bits per heavy atom. The van der Waals surface area contributed by atoms with Crippen LogP contribution in [0.25, 0.3) is 21.9 Å². The van der Waals surface area contributed by atoms with E-state index in [0.29, 0.717) is 5.92 Å². The summed E-state index contributed by atoms with van der Waals surface area (Å²) in [6.45, 7) is 15.5. The van der Waals surface area contributed by atoms with E-state index in [1.165, 1.54) is 50.6 Å². The second-order valence-corrected chi connectivity index (χ2v) is 18.0. The molecule has 0 bridgehead atoms. The summed E-state index contributed by atoms with van der Waals surface area (Å²) in [5.74, 6) is 0.560. The van der Waals surface area contributed by atoms with Crippen molar-refractivity contribution in [2.45, 2.75) is 60.6 Å². The van der Waals surface area contributed by atoms with E-state index >= 15 is 0 Å². The summed E-state index contributed by atoms with van der Waals surface area (Å²) >= 11 is 1.74. The Morgan fingerprint density at radius 2 is 1.64 bits per heavy atom. The molecule has 1 aliphatic rings. The summed E-state index contributed by atoms with van der Waals surface area (Å²) in [7, 11) is 0. The number of aryl methyl sites for hydroxylation is 1. The first kappa shape index (κ1) is 32.2. The summed E-state index contributed by atoms with van der Waals surface area (Å²) in [6, 6.07) is 22.0. The molecule has 0 fully saturated rings. The van der Waals surface area contributed by atoms with Crippen molar-refractivity contribution in [3.05, 3.63) is 89.0 Å². The second-order valence-electron chi connectivity index (χ2n) is 8.58. The van der Waals surface area contributed by atoms with Crippen molar-refractivity contribution in [3.8, 4) is 11.1 Å². The first-order chi connectivity index (χ1) is 14.7. The van der Waals surface area contributed by atoms with Crippen LogP contribution in [-0.2, 0) is 29.8 Å². The van der Waals surface area contributed by atoms with Crippen LogP contribution < -0.4 is 24.8 Å². The van der Waals surface area contributed by atoms with Crippen LogP contribution in [0, 0.1) is 12.0 Å². The van der Waals surface area contributed by atoms with E-state index in [1.807, 2.05) is 0 Å². The van der Waals surface area contributed by atoms with Crippen LogP contribution in [0.5, 0.6) is 0 Å². The number of benzene rings is 2. The molecule has 1 unspecified atom stereocenters. The maximum absolute atomic E-state index is 3.36. The average Bonchev–Trinajstić information content (AvgIpc) is 3.25. The SMILES string of the molecule is CC1=[C-]C(C)C(C)=C1C.CCCc1cccc(-c2c[cH-]c3ccccc23)c1.C[Si](C)=[Zr+2].[Cl-].[Cl-]. The third-order valence-corrected chi connectivity index (χ3v) is 5.69. The molecular formula is C29H36Cl2SiZr-2. The fourth-order valence-corrected chi connectivity index (χ4v) is 3.75. The standard InChI is InChI=1S/C18H17.C9H13.C2H6Si.2ClH.Zr/c1-2-6-14-7-5-9-16(13-14)18-12-11-15-8-3-4-10-17(15)18;1-6-5-7(2)9(4)8(6)3;1-3-2;;;/h3-5,7-13H,2,6H2,1H3;6H,1-4H3;1-2H3;2*1H;/q2*-1;;;;+2/p-2. The summed E-state index contributed by atoms with van der Waals surface area (Å²) in [5, 5.41) is 2.68. The molecule has 0 aliphatic heterocycles. The number of rotatable bonds is 3. The van der Waals surface area contributed by atoms with E-state index in [2.05, 4.69) is 114 Å². The van der Waals surface area contributed by atoms with Gasteiger partial charge in [0, 0.05) is 0 Å². The van der Waals surface area contributed by atoms with Gasteiger partial charge in [-0.1, -0.05) is 75.9 Å². The molecule has 0 saturated carbocycles. The Hall–Kier alpha value is -0.790. The van der Waals surface area contributed by atoms with Gasteiger partial charge in [0.25, 0.3) is 0 Å². The predicted octanol–water partition coefficient (Wildman–Crippen LogP) is 2.69. The number of hydrogen-bond donors (Lipinski definition) is 0. The Kier molecular flexibility index (Phi) is 15.6. The molecular weight excluding hydrogens is 539 g/mol. The van der Waals surface area contributed by atoms with Gasteiger partial charge in [-0.15, -0.1) is 53.6 Å². The minimum absolute atomic E-state index is 0. The van der Waals surface area contributed by atoms with Crippen LogP contribution in [0.15, 0.2) is 77.4 Å². The van der Waals surface area contributed by atoms with Crippen molar-refractivity contribution in [2.24, 2.45) is 5.92 Å². The first-order valence-electron chi connectivity index (χ1n) is 11.3. The predicted molar refractivity (Wildman–Crippen MR) is 136 cm³/mol. The molecule has 4 rings (SSSR count). The van der Waals surface area contributed by atoms with Gasteiger partial charge in [0.2, 0.25) is 0 Å². The van der Waals surface area contributed by atoms with E-state index in [1.54, 1.807) is 23.3 Å². The van der Waals surface area contributed by atoms with Gasteiger partial charge in [-0.3, -0.25) is 6.08 Å². The Balaban J connectivity index is 0.000000580. The van der Waals surface area contributed by atoms with Gasteiger partial charge in [-0.25, -0.2) is 5.57 Å². The Morgan fingerprint density at radius 1 is 1.00 bits per heavy atom. The van der Waals surface area contributed by atoms with Gasteiger partial charge in [-0.05, 0) is 12.0 Å². The average molecular weight is 575 g/mol. The van der Waals surface area contributed by atoms with E-state index in [4.69, 9.17) is 0 Å². The second kappa shape index (κ2) is 16.0. The molecule has 176 valence electrons. The van der Waals surface area contributed by atoms with Gasteiger partial charge in [0.15, 0.2) is 0 Å². The van der Waals surface area contributed by atoms with Gasteiger partial charge in [0.05, 0.1) is 0 Å². The monoisotopic (exact) mass is 572 g/mol. The molecule has 3 aromatic rings. The molecule has 33 heavy (non-hydrogen) atoms. The summed E-state index contributed by atoms with van der Waals surface area (Å²) < 4.78 is 0. The van der Waals surface area contributed by atoms with Crippen molar-refractivity contribution in [1.82, 2.24) is 0 Å². The van der Waals surface area contributed by atoms with E-state index < -0.39 is 0 Å². The van der Waals surface area contributed by atoms with Crippen molar-refractivity contribution in [2.75, 3.05) is 0 Å². The number of hydrogen-bond acceptors (Lipinski definition) is 0. The Labute approximate surface area is 229 Å². The van der Waals surface area contributed by atoms with Crippen molar-refractivity contribution >= 4 is 16.2 Å². The largest absolute Gasteiger partial charge is 1.00 e. The maximum Gasteiger partial charge on any atom is -1.00 e. The van der Waals surface area contributed by atoms with Crippen LogP contribution in [0.4, 0.5) is 0 Å². The van der Waals surface area contributed by atoms with Gasteiger partial charge < -0.3 is 24.8 Å². The first-order valence-corrected chi connectivity index (χ1v) is 17.5. The molecule has 0 spiro atoms. The van der Waals surface area contributed by atoms with E-state index in [-0.39, 0.29) is 30.2 Å². The van der Waals surface area contributed by atoms with Gasteiger partial charge in [-0.2, -0.15) is 11.1 Å². The minimum atomic E-state index is 0. The quantitative estimate of drug-likeness (QED) is 0.334. The zero-order chi connectivity index (χ0) is 23.0. The van der Waals surface area contributed by atoms with Gasteiger partial charge in [0.1, 0.15) is 0 Å². The zero-order valence-electron chi connectivity index (χ0n) is 21.0. The number of fused-ring (bicyclic) bond motifs is 1. The Bertz CT molecular complexity index is 1090. The topological polar surface area (TPSA) is 0 Å². The molecule has 4 heteroatoms. The van der Waals surface area contributed by atoms with Crippen molar-refractivity contribution in [1.29, 1.82) is 0 Å². The zero-order valence-corrected chi connectivity index (χ0v) is 26.0. The molecule has 0 radical (unpaired) electrons. The molecule has 0 amide bonds. The molecule has 3 aromatic carbocycles. The molecule has 0 heterocycles. The van der Waals surface area contributed by atoms with Crippen LogP contribution in [-0.4, -0.2) is 5.43 Å². The number of halogens is 2. The van der Waals surface area contributed by atoms with Crippen LogP contribution in [0.3, 0.4) is 0 Å². The summed E-state index contributed by atoms with van der Waals surface area (Å²) in [4.78, 5) is 0. The van der Waals surface area contributed by atoms with Crippen LogP contribution in [0.1, 0.15) is 46.6 Å². The molecule has 0 N–H and O–H groups in total. The molecule has 0 aromatic heterocycles.